The zero-order valence-corrected chi connectivity index (χ0v) is 11.6. The minimum absolute atomic E-state index is 0.223. The number of nitrogens with one attached hydrogen (secondary N) is 2. The summed E-state index contributed by atoms with van der Waals surface area (Å²) in [5, 5.41) is 11.3. The number of hydrogen-bond donors (Lipinski definition) is 3. The van der Waals surface area contributed by atoms with Gasteiger partial charge in [0, 0.05) is 6.20 Å². The van der Waals surface area contributed by atoms with Crippen molar-refractivity contribution in [3.05, 3.63) is 24.0 Å². The van der Waals surface area contributed by atoms with Gasteiger partial charge in [0.05, 0.1) is 6.42 Å². The highest BCUT2D eigenvalue weighted by Crippen LogP contribution is 2.09. The minimum Gasteiger partial charge on any atom is -0.480 e. The summed E-state index contributed by atoms with van der Waals surface area (Å²) in [7, 11) is 0. The van der Waals surface area contributed by atoms with Crippen molar-refractivity contribution in [2.45, 2.75) is 38.8 Å². The van der Waals surface area contributed by atoms with Gasteiger partial charge in [-0.2, -0.15) is 0 Å². The van der Waals surface area contributed by atoms with Gasteiger partial charge in [-0.1, -0.05) is 0 Å². The molecule has 0 aliphatic carbocycles. The molecule has 0 spiro atoms. The molecule has 7 nitrogen and oxygen atoms in total. The molecule has 0 saturated carbocycles. The Morgan fingerprint density at radius 2 is 2.05 bits per heavy atom. The molecule has 1 rings (SSSR count). The van der Waals surface area contributed by atoms with E-state index in [1.165, 1.54) is 6.07 Å². The number of ether oxygens (including phenoxy) is 1. The zero-order chi connectivity index (χ0) is 15.3. The Balaban J connectivity index is 2.64. The Bertz CT molecular complexity index is 487. The van der Waals surface area contributed by atoms with Crippen molar-refractivity contribution in [1.29, 1.82) is 0 Å². The lowest BCUT2D eigenvalue weighted by molar-refractivity contribution is -0.158. The second-order valence-electron chi connectivity index (χ2n) is 5.24. The lowest BCUT2D eigenvalue weighted by Gasteiger charge is -2.21. The van der Waals surface area contributed by atoms with Crippen LogP contribution in [0.3, 0.4) is 0 Å². The molecule has 1 amide bonds. The number of carbonyl (C=O) groups excluding carboxylic acids is 2. The number of rotatable bonds is 5. The van der Waals surface area contributed by atoms with E-state index in [2.05, 4.69) is 10.3 Å². The number of aliphatic carboxylic acids is 1. The summed E-state index contributed by atoms with van der Waals surface area (Å²) in [5.41, 5.74) is -0.482. The normalized spacial score (nSPS) is 12.6. The van der Waals surface area contributed by atoms with Gasteiger partial charge in [0.25, 0.3) is 5.91 Å². The highest BCUT2D eigenvalue weighted by molar-refractivity contribution is 5.96. The first-order valence-electron chi connectivity index (χ1n) is 6.08. The number of amides is 1. The first-order chi connectivity index (χ1) is 9.19. The van der Waals surface area contributed by atoms with Gasteiger partial charge in [-0.25, -0.2) is 4.79 Å². The first-order valence-corrected chi connectivity index (χ1v) is 6.08. The molecule has 0 aliphatic rings. The number of hydrogen-bond acceptors (Lipinski definition) is 4. The van der Waals surface area contributed by atoms with Crippen LogP contribution in [0.5, 0.6) is 0 Å². The molecule has 0 unspecified atom stereocenters. The van der Waals surface area contributed by atoms with E-state index < -0.39 is 35.9 Å². The lowest BCUT2D eigenvalue weighted by atomic mass is 10.1. The average molecular weight is 282 g/mol. The van der Waals surface area contributed by atoms with E-state index in [4.69, 9.17) is 9.84 Å². The Morgan fingerprint density at radius 1 is 1.40 bits per heavy atom. The van der Waals surface area contributed by atoms with Crippen LogP contribution < -0.4 is 5.32 Å². The van der Waals surface area contributed by atoms with E-state index in [9.17, 15) is 14.4 Å². The molecule has 0 aliphatic heterocycles. The van der Waals surface area contributed by atoms with Gasteiger partial charge < -0.3 is 20.1 Å². The van der Waals surface area contributed by atoms with Crippen molar-refractivity contribution in [1.82, 2.24) is 10.3 Å². The maximum Gasteiger partial charge on any atom is 0.326 e. The summed E-state index contributed by atoms with van der Waals surface area (Å²) in [6.45, 7) is 5.04. The fourth-order valence-corrected chi connectivity index (χ4v) is 1.46. The predicted molar refractivity (Wildman–Crippen MR) is 70.1 cm³/mol. The van der Waals surface area contributed by atoms with Crippen LogP contribution in [0, 0.1) is 0 Å². The number of carboxylic acids is 1. The van der Waals surface area contributed by atoms with Gasteiger partial charge >= 0.3 is 11.9 Å². The zero-order valence-electron chi connectivity index (χ0n) is 11.6. The average Bonchev–Trinajstić information content (AvgIpc) is 2.78. The molecule has 1 aromatic rings. The summed E-state index contributed by atoms with van der Waals surface area (Å²) in [4.78, 5) is 37.1. The predicted octanol–water partition coefficient (Wildman–Crippen LogP) is 0.930. The van der Waals surface area contributed by atoms with E-state index >= 15 is 0 Å². The molecule has 3 N–H and O–H groups in total. The highest BCUT2D eigenvalue weighted by atomic mass is 16.6. The van der Waals surface area contributed by atoms with Gasteiger partial charge in [0.2, 0.25) is 0 Å². The Hall–Kier alpha value is -2.31. The second-order valence-corrected chi connectivity index (χ2v) is 5.24. The summed E-state index contributed by atoms with van der Waals surface area (Å²) in [6.07, 6.45) is 1.11. The van der Waals surface area contributed by atoms with Gasteiger partial charge in [0.1, 0.15) is 17.3 Å². The first kappa shape index (κ1) is 15.7. The molecule has 0 radical (unpaired) electrons. The van der Waals surface area contributed by atoms with Crippen LogP contribution in [0.15, 0.2) is 18.3 Å². The smallest absolute Gasteiger partial charge is 0.326 e. The van der Waals surface area contributed by atoms with Gasteiger partial charge in [-0.3, -0.25) is 9.59 Å². The third-order valence-electron chi connectivity index (χ3n) is 2.24. The standard InChI is InChI=1S/C13H18N2O5/c1-13(2,3)20-10(16)7-9(12(18)19)15-11(17)8-5-4-6-14-8/h4-6,9,14H,7H2,1-3H3,(H,15,17)(H,18,19)/t9-/m0/s1. The highest BCUT2D eigenvalue weighted by Gasteiger charge is 2.27. The maximum absolute atomic E-state index is 11.7. The third kappa shape index (κ3) is 5.13. The van der Waals surface area contributed by atoms with Crippen molar-refractivity contribution < 1.29 is 24.2 Å². The second kappa shape index (κ2) is 6.23. The molecular formula is C13H18N2O5. The van der Waals surface area contributed by atoms with Crippen molar-refractivity contribution in [3.63, 3.8) is 0 Å². The lowest BCUT2D eigenvalue weighted by Crippen LogP contribution is -2.43. The molecule has 0 bridgehead atoms. The topological polar surface area (TPSA) is 108 Å². The number of aromatic amines is 1. The fourth-order valence-electron chi connectivity index (χ4n) is 1.46. The number of aromatic nitrogens is 1. The molecular weight excluding hydrogens is 264 g/mol. The molecule has 0 aromatic carbocycles. The number of carbonyl (C=O) groups is 3. The maximum atomic E-state index is 11.7. The van der Waals surface area contributed by atoms with E-state index in [0.717, 1.165) is 0 Å². The van der Waals surface area contributed by atoms with E-state index in [0.29, 0.717) is 0 Å². The van der Waals surface area contributed by atoms with Crippen molar-refractivity contribution in [2.24, 2.45) is 0 Å². The summed E-state index contributed by atoms with van der Waals surface area (Å²) >= 11 is 0. The van der Waals surface area contributed by atoms with Crippen molar-refractivity contribution in [2.75, 3.05) is 0 Å². The minimum atomic E-state index is -1.33. The van der Waals surface area contributed by atoms with E-state index in [1.807, 2.05) is 0 Å². The van der Waals surface area contributed by atoms with Crippen molar-refractivity contribution in [3.8, 4) is 0 Å². The SMILES string of the molecule is CC(C)(C)OC(=O)C[C@H](NC(=O)c1ccc[nH]1)C(=O)O. The Kier molecular flexibility index (Phi) is 4.90. The molecule has 20 heavy (non-hydrogen) atoms. The largest absolute Gasteiger partial charge is 0.480 e. The number of carboxylic acid groups (broad SMARTS) is 1. The third-order valence-corrected chi connectivity index (χ3v) is 2.24. The molecule has 1 atom stereocenters. The van der Waals surface area contributed by atoms with Gasteiger partial charge in [-0.05, 0) is 32.9 Å². The molecule has 0 saturated heterocycles. The van der Waals surface area contributed by atoms with Crippen molar-refractivity contribution >= 4 is 17.8 Å². The quantitative estimate of drug-likeness (QED) is 0.696. The van der Waals surface area contributed by atoms with Gasteiger partial charge in [-0.15, -0.1) is 0 Å². The van der Waals surface area contributed by atoms with Crippen LogP contribution in [-0.2, 0) is 14.3 Å². The number of H-pyrrole nitrogens is 1. The molecule has 110 valence electrons. The Labute approximate surface area is 116 Å². The molecule has 1 aromatic heterocycles. The van der Waals surface area contributed by atoms with E-state index in [-0.39, 0.29) is 5.69 Å². The summed E-state index contributed by atoms with van der Waals surface area (Å²) in [6, 6.07) is 1.78. The molecule has 7 heteroatoms. The van der Waals surface area contributed by atoms with Crippen LogP contribution in [0.2, 0.25) is 0 Å². The van der Waals surface area contributed by atoms with Crippen LogP contribution in [0.25, 0.3) is 0 Å². The van der Waals surface area contributed by atoms with Crippen LogP contribution in [0.1, 0.15) is 37.7 Å². The van der Waals surface area contributed by atoms with Crippen LogP contribution in [0.4, 0.5) is 0 Å². The summed E-state index contributed by atoms with van der Waals surface area (Å²) < 4.78 is 5.03. The summed E-state index contributed by atoms with van der Waals surface area (Å²) in [5.74, 6) is -2.57. The van der Waals surface area contributed by atoms with E-state index in [1.54, 1.807) is 33.0 Å². The van der Waals surface area contributed by atoms with Crippen LogP contribution in [-0.4, -0.2) is 39.6 Å². The fraction of sp³-hybridized carbons (Fsp3) is 0.462. The number of esters is 1. The van der Waals surface area contributed by atoms with Crippen LogP contribution >= 0.6 is 0 Å². The molecule has 0 fully saturated rings. The van der Waals surface area contributed by atoms with Gasteiger partial charge in [0.15, 0.2) is 0 Å². The molecule has 1 heterocycles. The monoisotopic (exact) mass is 282 g/mol. The Morgan fingerprint density at radius 3 is 2.50 bits per heavy atom.